The highest BCUT2D eigenvalue weighted by molar-refractivity contribution is 6.22. The Balaban J connectivity index is 2.32. The molecular weight excluding hydrogens is 196 g/mol. The summed E-state index contributed by atoms with van der Waals surface area (Å²) in [5.74, 6) is 0.228. The predicted molar refractivity (Wildman–Crippen MR) is 67.0 cm³/mol. The summed E-state index contributed by atoms with van der Waals surface area (Å²) in [7, 11) is 0. The fraction of sp³-hybridized carbons (Fsp3) is 0.267. The van der Waals surface area contributed by atoms with Crippen LogP contribution in [0.5, 0.6) is 0 Å². The molecule has 0 N–H and O–H groups in total. The second kappa shape index (κ2) is 4.93. The van der Waals surface area contributed by atoms with Crippen LogP contribution in [0.4, 0.5) is 0 Å². The Morgan fingerprint density at radius 3 is 2.62 bits per heavy atom. The summed E-state index contributed by atoms with van der Waals surface area (Å²) >= 11 is 0. The highest BCUT2D eigenvalue weighted by Crippen LogP contribution is 2.25. The van der Waals surface area contributed by atoms with E-state index < -0.39 is 0 Å². The van der Waals surface area contributed by atoms with Crippen LogP contribution in [0.15, 0.2) is 48.1 Å². The quantitative estimate of drug-likeness (QED) is 0.745. The maximum absolute atomic E-state index is 11.8. The van der Waals surface area contributed by atoms with Crippen molar-refractivity contribution in [3.8, 4) is 0 Å². The van der Waals surface area contributed by atoms with Gasteiger partial charge in [0.15, 0.2) is 5.78 Å². The number of benzene rings is 1. The van der Waals surface area contributed by atoms with Gasteiger partial charge in [0.25, 0.3) is 0 Å². The van der Waals surface area contributed by atoms with Gasteiger partial charge in [-0.25, -0.2) is 0 Å². The molecule has 2 rings (SSSR count). The largest absolute Gasteiger partial charge is 0.294 e. The fourth-order valence-electron chi connectivity index (χ4n) is 1.98. The smallest absolute Gasteiger partial charge is 0.167 e. The summed E-state index contributed by atoms with van der Waals surface area (Å²) in [5, 5.41) is 0. The lowest BCUT2D eigenvalue weighted by molar-refractivity contribution is -0.113. The van der Waals surface area contributed by atoms with Crippen molar-refractivity contribution in [2.24, 2.45) is 0 Å². The topological polar surface area (TPSA) is 17.1 Å². The molecule has 1 aromatic rings. The van der Waals surface area contributed by atoms with Gasteiger partial charge in [-0.1, -0.05) is 55.3 Å². The van der Waals surface area contributed by atoms with E-state index >= 15 is 0 Å². The molecule has 0 amide bonds. The highest BCUT2D eigenvalue weighted by atomic mass is 16.1. The van der Waals surface area contributed by atoms with Crippen molar-refractivity contribution in [3.05, 3.63) is 53.6 Å². The zero-order valence-corrected chi connectivity index (χ0v) is 9.57. The van der Waals surface area contributed by atoms with E-state index in [2.05, 4.69) is 13.0 Å². The molecule has 1 aromatic carbocycles. The van der Waals surface area contributed by atoms with Gasteiger partial charge in [-0.15, -0.1) is 0 Å². The van der Waals surface area contributed by atoms with Crippen LogP contribution in [-0.2, 0) is 4.79 Å². The third kappa shape index (κ3) is 2.30. The highest BCUT2D eigenvalue weighted by Gasteiger charge is 2.15. The Labute approximate surface area is 96.5 Å². The molecular formula is C15H16O. The van der Waals surface area contributed by atoms with E-state index in [4.69, 9.17) is 0 Å². The summed E-state index contributed by atoms with van der Waals surface area (Å²) < 4.78 is 0. The summed E-state index contributed by atoms with van der Waals surface area (Å²) in [6, 6.07) is 9.92. The summed E-state index contributed by atoms with van der Waals surface area (Å²) in [4.78, 5) is 11.8. The van der Waals surface area contributed by atoms with Gasteiger partial charge in [-0.3, -0.25) is 4.79 Å². The van der Waals surface area contributed by atoms with Crippen molar-refractivity contribution in [1.29, 1.82) is 0 Å². The van der Waals surface area contributed by atoms with E-state index in [1.165, 1.54) is 5.57 Å². The van der Waals surface area contributed by atoms with Gasteiger partial charge in [-0.2, -0.15) is 0 Å². The molecule has 0 fully saturated rings. The van der Waals surface area contributed by atoms with E-state index in [-0.39, 0.29) is 5.78 Å². The Bertz CT molecular complexity index is 438. The number of carbonyl (C=O) groups is 1. The third-order valence-corrected chi connectivity index (χ3v) is 2.80. The normalized spacial score (nSPS) is 15.7. The molecule has 0 aromatic heterocycles. The molecule has 82 valence electrons. The third-order valence-electron chi connectivity index (χ3n) is 2.80. The molecule has 0 saturated heterocycles. The van der Waals surface area contributed by atoms with Gasteiger partial charge < -0.3 is 0 Å². The predicted octanol–water partition coefficient (Wildman–Crippen LogP) is 3.77. The summed E-state index contributed by atoms with van der Waals surface area (Å²) in [6.45, 7) is 2.16. The first kappa shape index (κ1) is 10.9. The van der Waals surface area contributed by atoms with Gasteiger partial charge in [0, 0.05) is 12.0 Å². The van der Waals surface area contributed by atoms with Crippen molar-refractivity contribution in [2.45, 2.75) is 26.2 Å². The first-order valence-corrected chi connectivity index (χ1v) is 5.80. The van der Waals surface area contributed by atoms with Crippen LogP contribution in [0.25, 0.3) is 5.57 Å². The molecule has 16 heavy (non-hydrogen) atoms. The molecule has 0 atom stereocenters. The fourth-order valence-corrected chi connectivity index (χ4v) is 1.98. The van der Waals surface area contributed by atoms with Crippen molar-refractivity contribution in [1.82, 2.24) is 0 Å². The minimum absolute atomic E-state index is 0.228. The molecule has 0 radical (unpaired) electrons. The zero-order valence-electron chi connectivity index (χ0n) is 9.57. The number of ketones is 1. The molecule has 0 aliphatic heterocycles. The lowest BCUT2D eigenvalue weighted by atomic mass is 9.91. The van der Waals surface area contributed by atoms with Gasteiger partial charge in [-0.05, 0) is 18.1 Å². The first-order chi connectivity index (χ1) is 7.81. The Hall–Kier alpha value is -1.63. The number of rotatable bonds is 3. The van der Waals surface area contributed by atoms with Gasteiger partial charge in [0.1, 0.15) is 0 Å². The van der Waals surface area contributed by atoms with Crippen LogP contribution in [0.3, 0.4) is 0 Å². The molecule has 0 spiro atoms. The van der Waals surface area contributed by atoms with E-state index in [1.807, 2.05) is 36.4 Å². The number of carbonyl (C=O) groups excluding carboxylic acids is 1. The average molecular weight is 212 g/mol. The number of hydrogen-bond donors (Lipinski definition) is 0. The van der Waals surface area contributed by atoms with E-state index in [1.54, 1.807) is 0 Å². The monoisotopic (exact) mass is 212 g/mol. The van der Waals surface area contributed by atoms with Crippen LogP contribution in [0.2, 0.25) is 0 Å². The second-order valence-electron chi connectivity index (χ2n) is 4.08. The first-order valence-electron chi connectivity index (χ1n) is 5.80. The Kier molecular flexibility index (Phi) is 3.35. The van der Waals surface area contributed by atoms with Crippen LogP contribution in [0, 0.1) is 0 Å². The van der Waals surface area contributed by atoms with Crippen LogP contribution >= 0.6 is 0 Å². The second-order valence-corrected chi connectivity index (χ2v) is 4.08. The van der Waals surface area contributed by atoms with Gasteiger partial charge in [0.05, 0.1) is 0 Å². The molecule has 0 heterocycles. The molecule has 1 heteroatoms. The SMILES string of the molecule is CCCC1=CCC(=O)C(c2ccccc2)=C1. The Morgan fingerprint density at radius 2 is 1.94 bits per heavy atom. The molecule has 0 saturated carbocycles. The average Bonchev–Trinajstić information content (AvgIpc) is 2.33. The molecule has 1 aliphatic rings. The van der Waals surface area contributed by atoms with Crippen LogP contribution in [-0.4, -0.2) is 5.78 Å². The van der Waals surface area contributed by atoms with E-state index in [0.717, 1.165) is 24.0 Å². The van der Waals surface area contributed by atoms with Crippen molar-refractivity contribution < 1.29 is 4.79 Å². The van der Waals surface area contributed by atoms with Gasteiger partial charge >= 0.3 is 0 Å². The number of allylic oxidation sites excluding steroid dienone is 4. The standard InChI is InChI=1S/C15H16O/c1-2-6-12-9-10-15(16)14(11-12)13-7-4-3-5-8-13/h3-5,7-9,11H,2,6,10H2,1H3. The molecule has 0 bridgehead atoms. The van der Waals surface area contributed by atoms with Crippen molar-refractivity contribution in [3.63, 3.8) is 0 Å². The molecule has 1 nitrogen and oxygen atoms in total. The Morgan fingerprint density at radius 1 is 1.19 bits per heavy atom. The zero-order chi connectivity index (χ0) is 11.4. The molecule has 1 aliphatic carbocycles. The minimum Gasteiger partial charge on any atom is -0.294 e. The van der Waals surface area contributed by atoms with Crippen molar-refractivity contribution in [2.75, 3.05) is 0 Å². The maximum Gasteiger partial charge on any atom is 0.167 e. The molecule has 0 unspecified atom stereocenters. The van der Waals surface area contributed by atoms with Crippen LogP contribution in [0.1, 0.15) is 31.7 Å². The van der Waals surface area contributed by atoms with E-state index in [0.29, 0.717) is 6.42 Å². The van der Waals surface area contributed by atoms with Crippen molar-refractivity contribution >= 4 is 11.4 Å². The maximum atomic E-state index is 11.8. The lowest BCUT2D eigenvalue weighted by Gasteiger charge is -2.12. The lowest BCUT2D eigenvalue weighted by Crippen LogP contribution is -2.05. The summed E-state index contributed by atoms with van der Waals surface area (Å²) in [6.07, 6.45) is 6.83. The number of hydrogen-bond acceptors (Lipinski definition) is 1. The van der Waals surface area contributed by atoms with Crippen LogP contribution < -0.4 is 0 Å². The van der Waals surface area contributed by atoms with Gasteiger partial charge in [0.2, 0.25) is 0 Å². The number of Topliss-reactive ketones (excluding diaryl/α,β-unsaturated/α-hetero) is 1. The van der Waals surface area contributed by atoms with E-state index in [9.17, 15) is 4.79 Å². The minimum atomic E-state index is 0.228. The summed E-state index contributed by atoms with van der Waals surface area (Å²) in [5.41, 5.74) is 3.20.